The van der Waals surface area contributed by atoms with Crippen molar-refractivity contribution in [2.75, 3.05) is 13.1 Å². The maximum atomic E-state index is 12.2. The lowest BCUT2D eigenvalue weighted by atomic mass is 9.70. The highest BCUT2D eigenvalue weighted by Crippen LogP contribution is 2.35. The van der Waals surface area contributed by atoms with Gasteiger partial charge in [0.15, 0.2) is 0 Å². The molecule has 0 spiro atoms. The summed E-state index contributed by atoms with van der Waals surface area (Å²) in [5.74, 6) is 0.303. The summed E-state index contributed by atoms with van der Waals surface area (Å²) in [5, 5.41) is 3.35. The maximum Gasteiger partial charge on any atom is 0.140 e. The second kappa shape index (κ2) is 5.09. The third-order valence-corrected chi connectivity index (χ3v) is 4.43. The van der Waals surface area contributed by atoms with Crippen LogP contribution in [0.5, 0.6) is 0 Å². The molecule has 1 aliphatic heterocycles. The summed E-state index contributed by atoms with van der Waals surface area (Å²) in [6.07, 6.45) is 1.83. The number of carbonyl (C=O) groups is 1. The number of benzene rings is 1. The van der Waals surface area contributed by atoms with Crippen molar-refractivity contribution >= 4 is 5.78 Å². The van der Waals surface area contributed by atoms with Gasteiger partial charge in [0, 0.05) is 0 Å². The Labute approximate surface area is 116 Å². The standard InChI is InChI=1S/C17H25NO/c1-13(19)17(9-11-18-12-10-17)15-7-5-14(6-8-15)16(2,3)4/h5-8,18H,9-12H2,1-4H3. The molecule has 0 radical (unpaired) electrons. The second-order valence-corrected chi connectivity index (χ2v) is 6.72. The second-order valence-electron chi connectivity index (χ2n) is 6.72. The van der Waals surface area contributed by atoms with Crippen molar-refractivity contribution in [1.29, 1.82) is 0 Å². The summed E-state index contributed by atoms with van der Waals surface area (Å²) in [4.78, 5) is 12.2. The van der Waals surface area contributed by atoms with Crippen molar-refractivity contribution in [3.63, 3.8) is 0 Å². The molecular formula is C17H25NO. The highest BCUT2D eigenvalue weighted by molar-refractivity contribution is 5.88. The quantitative estimate of drug-likeness (QED) is 0.883. The molecule has 19 heavy (non-hydrogen) atoms. The van der Waals surface area contributed by atoms with Gasteiger partial charge >= 0.3 is 0 Å². The van der Waals surface area contributed by atoms with Crippen molar-refractivity contribution in [2.24, 2.45) is 0 Å². The lowest BCUT2D eigenvalue weighted by Crippen LogP contribution is -2.44. The molecule has 2 nitrogen and oxygen atoms in total. The van der Waals surface area contributed by atoms with Crippen LogP contribution < -0.4 is 5.32 Å². The van der Waals surface area contributed by atoms with Gasteiger partial charge in [-0.1, -0.05) is 45.0 Å². The van der Waals surface area contributed by atoms with Crippen molar-refractivity contribution in [3.05, 3.63) is 35.4 Å². The molecule has 1 fully saturated rings. The molecule has 2 rings (SSSR count). The number of carbonyl (C=O) groups excluding carboxylic acids is 1. The van der Waals surface area contributed by atoms with Gasteiger partial charge in [0.25, 0.3) is 0 Å². The van der Waals surface area contributed by atoms with E-state index in [4.69, 9.17) is 0 Å². The lowest BCUT2D eigenvalue weighted by molar-refractivity contribution is -0.123. The zero-order valence-electron chi connectivity index (χ0n) is 12.5. The number of nitrogens with one attached hydrogen (secondary N) is 1. The van der Waals surface area contributed by atoms with Crippen LogP contribution in [0.3, 0.4) is 0 Å². The van der Waals surface area contributed by atoms with Gasteiger partial charge < -0.3 is 5.32 Å². The van der Waals surface area contributed by atoms with E-state index in [1.165, 1.54) is 11.1 Å². The van der Waals surface area contributed by atoms with E-state index in [9.17, 15) is 4.79 Å². The Hall–Kier alpha value is -1.15. The van der Waals surface area contributed by atoms with Crippen LogP contribution >= 0.6 is 0 Å². The van der Waals surface area contributed by atoms with Crippen LogP contribution in [0.1, 0.15) is 51.7 Å². The van der Waals surface area contributed by atoms with Gasteiger partial charge in [-0.25, -0.2) is 0 Å². The Morgan fingerprint density at radius 1 is 1.11 bits per heavy atom. The summed E-state index contributed by atoms with van der Waals surface area (Å²) in [7, 11) is 0. The van der Waals surface area contributed by atoms with Crippen LogP contribution in [-0.4, -0.2) is 18.9 Å². The van der Waals surface area contributed by atoms with Crippen LogP contribution in [0, 0.1) is 0 Å². The number of Topliss-reactive ketones (excluding diaryl/α,β-unsaturated/α-hetero) is 1. The fraction of sp³-hybridized carbons (Fsp3) is 0.588. The predicted octanol–water partition coefficient (Wildman–Crippen LogP) is 3.19. The van der Waals surface area contributed by atoms with E-state index < -0.39 is 0 Å². The topological polar surface area (TPSA) is 29.1 Å². The highest BCUT2D eigenvalue weighted by Gasteiger charge is 2.38. The first kappa shape index (κ1) is 14.3. The molecule has 1 N–H and O–H groups in total. The third kappa shape index (κ3) is 2.74. The Bertz CT molecular complexity index is 447. The first-order valence-electron chi connectivity index (χ1n) is 7.19. The predicted molar refractivity (Wildman–Crippen MR) is 79.6 cm³/mol. The monoisotopic (exact) mass is 259 g/mol. The molecule has 0 aliphatic carbocycles. The molecular weight excluding hydrogens is 234 g/mol. The Morgan fingerprint density at radius 2 is 1.63 bits per heavy atom. The average Bonchev–Trinajstić information content (AvgIpc) is 2.38. The Kier molecular flexibility index (Phi) is 3.82. The SMILES string of the molecule is CC(=O)C1(c2ccc(C(C)(C)C)cc2)CCNCC1. The van der Waals surface area contributed by atoms with E-state index in [-0.39, 0.29) is 10.8 Å². The molecule has 0 saturated carbocycles. The highest BCUT2D eigenvalue weighted by atomic mass is 16.1. The van der Waals surface area contributed by atoms with Crippen molar-refractivity contribution in [2.45, 2.75) is 51.4 Å². The molecule has 0 unspecified atom stereocenters. The molecule has 1 aliphatic rings. The Balaban J connectivity index is 2.36. The summed E-state index contributed by atoms with van der Waals surface area (Å²) < 4.78 is 0. The van der Waals surface area contributed by atoms with Crippen LogP contribution in [-0.2, 0) is 15.6 Å². The van der Waals surface area contributed by atoms with E-state index in [1.54, 1.807) is 6.92 Å². The zero-order valence-corrected chi connectivity index (χ0v) is 12.5. The molecule has 0 atom stereocenters. The maximum absolute atomic E-state index is 12.2. The number of piperidine rings is 1. The summed E-state index contributed by atoms with van der Waals surface area (Å²) in [6, 6.07) is 8.69. The first-order chi connectivity index (χ1) is 8.86. The minimum absolute atomic E-state index is 0.163. The Morgan fingerprint density at radius 3 is 2.05 bits per heavy atom. The van der Waals surface area contributed by atoms with Gasteiger partial charge in [0.05, 0.1) is 5.41 Å². The average molecular weight is 259 g/mol. The number of rotatable bonds is 2. The third-order valence-electron chi connectivity index (χ3n) is 4.43. The molecule has 0 amide bonds. The van der Waals surface area contributed by atoms with Gasteiger partial charge in [-0.05, 0) is 49.4 Å². The van der Waals surface area contributed by atoms with Crippen LogP contribution in [0.15, 0.2) is 24.3 Å². The smallest absolute Gasteiger partial charge is 0.140 e. The fourth-order valence-corrected chi connectivity index (χ4v) is 2.99. The summed E-state index contributed by atoms with van der Waals surface area (Å²) in [6.45, 7) is 10.2. The van der Waals surface area contributed by atoms with Crippen molar-refractivity contribution in [3.8, 4) is 0 Å². The fourth-order valence-electron chi connectivity index (χ4n) is 2.99. The minimum Gasteiger partial charge on any atom is -0.317 e. The summed E-state index contributed by atoms with van der Waals surface area (Å²) >= 11 is 0. The van der Waals surface area contributed by atoms with E-state index in [0.717, 1.165) is 25.9 Å². The van der Waals surface area contributed by atoms with E-state index in [0.29, 0.717) is 5.78 Å². The first-order valence-corrected chi connectivity index (χ1v) is 7.19. The van der Waals surface area contributed by atoms with Crippen LogP contribution in [0.4, 0.5) is 0 Å². The molecule has 2 heteroatoms. The zero-order chi connectivity index (χ0) is 14.1. The van der Waals surface area contributed by atoms with Gasteiger partial charge in [0.1, 0.15) is 5.78 Å². The minimum atomic E-state index is -0.262. The largest absolute Gasteiger partial charge is 0.317 e. The molecule has 1 aromatic rings. The van der Waals surface area contributed by atoms with Crippen LogP contribution in [0.25, 0.3) is 0 Å². The van der Waals surface area contributed by atoms with Gasteiger partial charge in [-0.3, -0.25) is 4.79 Å². The van der Waals surface area contributed by atoms with Gasteiger partial charge in [-0.2, -0.15) is 0 Å². The number of hydrogen-bond acceptors (Lipinski definition) is 2. The molecule has 1 aromatic carbocycles. The normalized spacial score (nSPS) is 19.2. The molecule has 104 valence electrons. The summed E-state index contributed by atoms with van der Waals surface area (Å²) in [5.41, 5.74) is 2.41. The lowest BCUT2D eigenvalue weighted by Gasteiger charge is -2.36. The van der Waals surface area contributed by atoms with E-state index >= 15 is 0 Å². The van der Waals surface area contributed by atoms with Crippen molar-refractivity contribution < 1.29 is 4.79 Å². The van der Waals surface area contributed by atoms with Gasteiger partial charge in [0.2, 0.25) is 0 Å². The molecule has 1 saturated heterocycles. The van der Waals surface area contributed by atoms with Crippen LogP contribution in [0.2, 0.25) is 0 Å². The molecule has 0 bridgehead atoms. The molecule has 1 heterocycles. The van der Waals surface area contributed by atoms with E-state index in [2.05, 4.69) is 50.4 Å². The van der Waals surface area contributed by atoms with Crippen molar-refractivity contribution in [1.82, 2.24) is 5.32 Å². The van der Waals surface area contributed by atoms with E-state index in [1.807, 2.05) is 0 Å². The number of ketones is 1. The van der Waals surface area contributed by atoms with Gasteiger partial charge in [-0.15, -0.1) is 0 Å². The number of hydrogen-bond donors (Lipinski definition) is 1. The molecule has 0 aromatic heterocycles.